The lowest BCUT2D eigenvalue weighted by Gasteiger charge is -2.08. The zero-order valence-corrected chi connectivity index (χ0v) is 8.62. The van der Waals surface area contributed by atoms with Crippen LogP contribution in [0.4, 0.5) is 4.39 Å². The Labute approximate surface area is 84.1 Å². The van der Waals surface area contributed by atoms with Crippen LogP contribution in [-0.4, -0.2) is 22.3 Å². The van der Waals surface area contributed by atoms with Gasteiger partial charge in [-0.1, -0.05) is 6.92 Å². The van der Waals surface area contributed by atoms with E-state index in [2.05, 4.69) is 11.9 Å². The van der Waals surface area contributed by atoms with E-state index < -0.39 is 6.17 Å². The summed E-state index contributed by atoms with van der Waals surface area (Å²) in [6.45, 7) is 3.40. The molecule has 1 rings (SSSR count). The topological polar surface area (TPSA) is 43.8 Å². The van der Waals surface area contributed by atoms with Crippen LogP contribution in [0.15, 0.2) is 12.4 Å². The van der Waals surface area contributed by atoms with Gasteiger partial charge >= 0.3 is 0 Å². The molecule has 0 fully saturated rings. The minimum Gasteiger partial charge on any atom is -0.335 e. The Morgan fingerprint density at radius 1 is 1.64 bits per heavy atom. The molecule has 0 spiro atoms. The van der Waals surface area contributed by atoms with Crippen LogP contribution < -0.4 is 5.73 Å². The lowest BCUT2D eigenvalue weighted by atomic mass is 10.2. The van der Waals surface area contributed by atoms with Gasteiger partial charge in [0, 0.05) is 25.4 Å². The van der Waals surface area contributed by atoms with Crippen molar-refractivity contribution in [3.8, 4) is 0 Å². The number of hydrogen-bond acceptors (Lipinski definition) is 2. The number of nitrogens with zero attached hydrogens (tertiary/aromatic N) is 2. The van der Waals surface area contributed by atoms with Gasteiger partial charge in [-0.15, -0.1) is 0 Å². The van der Waals surface area contributed by atoms with Gasteiger partial charge in [-0.3, -0.25) is 0 Å². The van der Waals surface area contributed by atoms with Crippen molar-refractivity contribution in [1.29, 1.82) is 0 Å². The molecule has 0 bridgehead atoms. The van der Waals surface area contributed by atoms with Gasteiger partial charge in [-0.25, -0.2) is 9.37 Å². The Hall–Kier alpha value is -0.900. The number of imidazole rings is 1. The van der Waals surface area contributed by atoms with E-state index in [1.165, 1.54) is 0 Å². The average molecular weight is 199 g/mol. The van der Waals surface area contributed by atoms with E-state index in [0.29, 0.717) is 19.4 Å². The number of aromatic nitrogens is 2. The number of rotatable bonds is 6. The van der Waals surface area contributed by atoms with E-state index in [1.807, 2.05) is 10.8 Å². The summed E-state index contributed by atoms with van der Waals surface area (Å²) in [5.41, 5.74) is 5.29. The first-order valence-electron chi connectivity index (χ1n) is 5.12. The first kappa shape index (κ1) is 11.2. The van der Waals surface area contributed by atoms with Gasteiger partial charge in [0.25, 0.3) is 0 Å². The molecule has 1 aromatic rings. The molecule has 0 aliphatic rings. The standard InChI is InChI=1S/C10H18FN3/c1-2-6-14-7-5-13-10(14)8-9(11)3-4-12/h5,7,9H,2-4,6,8,12H2,1H3. The molecule has 1 unspecified atom stereocenters. The van der Waals surface area contributed by atoms with Crippen LogP contribution >= 0.6 is 0 Å². The fourth-order valence-corrected chi connectivity index (χ4v) is 1.46. The van der Waals surface area contributed by atoms with E-state index in [1.54, 1.807) is 6.20 Å². The lowest BCUT2D eigenvalue weighted by molar-refractivity contribution is 0.308. The Morgan fingerprint density at radius 3 is 3.07 bits per heavy atom. The molecular weight excluding hydrogens is 181 g/mol. The molecule has 0 saturated heterocycles. The first-order valence-corrected chi connectivity index (χ1v) is 5.12. The minimum atomic E-state index is -0.863. The molecule has 0 aromatic carbocycles. The minimum absolute atomic E-state index is 0.379. The highest BCUT2D eigenvalue weighted by Gasteiger charge is 2.10. The van der Waals surface area contributed by atoms with Crippen molar-refractivity contribution >= 4 is 0 Å². The smallest absolute Gasteiger partial charge is 0.111 e. The molecule has 0 aliphatic carbocycles. The summed E-state index contributed by atoms with van der Waals surface area (Å²) in [6.07, 6.45) is 4.59. The quantitative estimate of drug-likeness (QED) is 0.755. The maximum absolute atomic E-state index is 13.3. The number of alkyl halides is 1. The molecule has 14 heavy (non-hydrogen) atoms. The number of nitrogens with two attached hydrogens (primary N) is 1. The van der Waals surface area contributed by atoms with Gasteiger partial charge in [-0.05, 0) is 19.4 Å². The number of hydrogen-bond donors (Lipinski definition) is 1. The summed E-state index contributed by atoms with van der Waals surface area (Å²) in [6, 6.07) is 0. The van der Waals surface area contributed by atoms with E-state index in [9.17, 15) is 4.39 Å². The van der Waals surface area contributed by atoms with Crippen LogP contribution in [0.1, 0.15) is 25.6 Å². The third-order valence-electron chi connectivity index (χ3n) is 2.15. The maximum Gasteiger partial charge on any atom is 0.111 e. The second-order valence-corrected chi connectivity index (χ2v) is 3.42. The van der Waals surface area contributed by atoms with Gasteiger partial charge in [0.1, 0.15) is 12.0 Å². The van der Waals surface area contributed by atoms with Crippen LogP contribution in [0.3, 0.4) is 0 Å². The average Bonchev–Trinajstić information content (AvgIpc) is 2.54. The third kappa shape index (κ3) is 3.10. The van der Waals surface area contributed by atoms with Crippen LogP contribution in [-0.2, 0) is 13.0 Å². The first-order chi connectivity index (χ1) is 6.77. The van der Waals surface area contributed by atoms with Gasteiger partial charge in [0.2, 0.25) is 0 Å². The van der Waals surface area contributed by atoms with Crippen LogP contribution in [0.25, 0.3) is 0 Å². The molecule has 4 heteroatoms. The molecule has 0 amide bonds. The summed E-state index contributed by atoms with van der Waals surface area (Å²) in [5, 5.41) is 0. The van der Waals surface area contributed by atoms with E-state index in [-0.39, 0.29) is 0 Å². The van der Waals surface area contributed by atoms with Crippen molar-refractivity contribution in [2.75, 3.05) is 6.54 Å². The van der Waals surface area contributed by atoms with Crippen molar-refractivity contribution < 1.29 is 4.39 Å². The Morgan fingerprint density at radius 2 is 2.43 bits per heavy atom. The molecule has 0 aliphatic heterocycles. The lowest BCUT2D eigenvalue weighted by Crippen LogP contribution is -2.15. The van der Waals surface area contributed by atoms with Crippen molar-refractivity contribution in [2.24, 2.45) is 5.73 Å². The molecule has 80 valence electrons. The van der Waals surface area contributed by atoms with E-state index in [4.69, 9.17) is 5.73 Å². The van der Waals surface area contributed by atoms with Crippen molar-refractivity contribution in [2.45, 2.75) is 38.9 Å². The fourth-order valence-electron chi connectivity index (χ4n) is 1.46. The van der Waals surface area contributed by atoms with Gasteiger partial charge in [0.05, 0.1) is 0 Å². The molecule has 1 atom stereocenters. The summed E-state index contributed by atoms with van der Waals surface area (Å²) in [5.74, 6) is 0.827. The summed E-state index contributed by atoms with van der Waals surface area (Å²) < 4.78 is 15.3. The zero-order valence-electron chi connectivity index (χ0n) is 8.62. The van der Waals surface area contributed by atoms with Crippen molar-refractivity contribution in [3.63, 3.8) is 0 Å². The summed E-state index contributed by atoms with van der Waals surface area (Å²) in [7, 11) is 0. The predicted octanol–water partition coefficient (Wildman–Crippen LogP) is 1.52. The molecule has 3 nitrogen and oxygen atoms in total. The van der Waals surface area contributed by atoms with Gasteiger partial charge in [-0.2, -0.15) is 0 Å². The second kappa shape index (κ2) is 5.75. The summed E-state index contributed by atoms with van der Waals surface area (Å²) in [4.78, 5) is 4.14. The Bertz CT molecular complexity index is 260. The number of halogens is 1. The molecule has 1 aromatic heterocycles. The summed E-state index contributed by atoms with van der Waals surface area (Å²) >= 11 is 0. The maximum atomic E-state index is 13.3. The highest BCUT2D eigenvalue weighted by molar-refractivity contribution is 4.94. The van der Waals surface area contributed by atoms with E-state index in [0.717, 1.165) is 18.8 Å². The van der Waals surface area contributed by atoms with Crippen molar-refractivity contribution in [1.82, 2.24) is 9.55 Å². The molecular formula is C10H18FN3. The Kier molecular flexibility index (Phi) is 4.59. The van der Waals surface area contributed by atoms with E-state index >= 15 is 0 Å². The Balaban J connectivity index is 2.52. The number of aryl methyl sites for hydroxylation is 1. The van der Waals surface area contributed by atoms with Crippen LogP contribution in [0.2, 0.25) is 0 Å². The second-order valence-electron chi connectivity index (χ2n) is 3.42. The molecule has 0 saturated carbocycles. The third-order valence-corrected chi connectivity index (χ3v) is 2.15. The zero-order chi connectivity index (χ0) is 10.4. The van der Waals surface area contributed by atoms with Crippen LogP contribution in [0.5, 0.6) is 0 Å². The van der Waals surface area contributed by atoms with Gasteiger partial charge < -0.3 is 10.3 Å². The SMILES string of the molecule is CCCn1ccnc1CC(F)CCN. The van der Waals surface area contributed by atoms with Crippen molar-refractivity contribution in [3.05, 3.63) is 18.2 Å². The fraction of sp³-hybridized carbons (Fsp3) is 0.700. The van der Waals surface area contributed by atoms with Gasteiger partial charge in [0.15, 0.2) is 0 Å². The monoisotopic (exact) mass is 199 g/mol. The normalized spacial score (nSPS) is 13.1. The molecule has 0 radical (unpaired) electrons. The highest BCUT2D eigenvalue weighted by Crippen LogP contribution is 2.07. The van der Waals surface area contributed by atoms with Crippen LogP contribution in [0, 0.1) is 0 Å². The molecule has 2 N–H and O–H groups in total. The molecule has 1 heterocycles. The predicted molar refractivity (Wildman–Crippen MR) is 54.8 cm³/mol. The highest BCUT2D eigenvalue weighted by atomic mass is 19.1. The largest absolute Gasteiger partial charge is 0.335 e.